The minimum atomic E-state index is -0.0791. The molecule has 24 heavy (non-hydrogen) atoms. The van der Waals surface area contributed by atoms with Crippen LogP contribution in [0.3, 0.4) is 0 Å². The van der Waals surface area contributed by atoms with Crippen molar-refractivity contribution in [1.29, 1.82) is 0 Å². The van der Waals surface area contributed by atoms with Gasteiger partial charge in [0.15, 0.2) is 0 Å². The predicted molar refractivity (Wildman–Crippen MR) is 99.8 cm³/mol. The Hall–Kier alpha value is -2.07. The summed E-state index contributed by atoms with van der Waals surface area (Å²) < 4.78 is 0. The first-order chi connectivity index (χ1) is 11.6. The molecule has 1 amide bonds. The lowest BCUT2D eigenvalue weighted by molar-refractivity contribution is -0.125. The summed E-state index contributed by atoms with van der Waals surface area (Å²) >= 11 is 0. The predicted octanol–water partition coefficient (Wildman–Crippen LogP) is 3.42. The van der Waals surface area contributed by atoms with Gasteiger partial charge in [-0.3, -0.25) is 9.69 Å². The fraction of sp³-hybridized carbons (Fsp3) is 0.450. The van der Waals surface area contributed by atoms with Gasteiger partial charge in [0.05, 0.1) is 6.04 Å². The number of hydrogen-bond donors (Lipinski definition) is 2. The maximum absolute atomic E-state index is 12.3. The molecule has 1 atom stereocenters. The fourth-order valence-electron chi connectivity index (χ4n) is 3.24. The van der Waals surface area contributed by atoms with Gasteiger partial charge in [-0.2, -0.15) is 0 Å². The lowest BCUT2D eigenvalue weighted by Crippen LogP contribution is -2.47. The molecule has 0 aliphatic carbocycles. The van der Waals surface area contributed by atoms with E-state index in [0.29, 0.717) is 5.92 Å². The molecule has 2 N–H and O–H groups in total. The highest BCUT2D eigenvalue weighted by Gasteiger charge is 2.23. The van der Waals surface area contributed by atoms with Crippen molar-refractivity contribution in [2.45, 2.75) is 33.2 Å². The first-order valence-electron chi connectivity index (χ1n) is 8.83. The molecule has 0 fully saturated rings. The standard InChI is InChI=1S/C20H27N3O/c1-14(2)12-22-20(24)15(3)23-10-8-16(9-11-23)18-13-21-19-7-5-4-6-17(18)19/h4-8,13-15,21H,9-12H2,1-3H3,(H,22,24)/t15-/m0/s1. The number of rotatable bonds is 5. The lowest BCUT2D eigenvalue weighted by atomic mass is 9.98. The molecule has 2 aromatic rings. The monoisotopic (exact) mass is 325 g/mol. The van der Waals surface area contributed by atoms with Gasteiger partial charge in [0.2, 0.25) is 5.91 Å². The Balaban J connectivity index is 1.66. The minimum Gasteiger partial charge on any atom is -0.361 e. The number of aromatic amines is 1. The van der Waals surface area contributed by atoms with Gasteiger partial charge < -0.3 is 10.3 Å². The van der Waals surface area contributed by atoms with E-state index < -0.39 is 0 Å². The van der Waals surface area contributed by atoms with Crippen molar-refractivity contribution >= 4 is 22.4 Å². The van der Waals surface area contributed by atoms with E-state index >= 15 is 0 Å². The molecule has 1 aliphatic heterocycles. The van der Waals surface area contributed by atoms with Crippen molar-refractivity contribution in [2.24, 2.45) is 5.92 Å². The summed E-state index contributed by atoms with van der Waals surface area (Å²) in [5, 5.41) is 4.31. The highest BCUT2D eigenvalue weighted by Crippen LogP contribution is 2.29. The van der Waals surface area contributed by atoms with E-state index in [0.717, 1.165) is 26.1 Å². The highest BCUT2D eigenvalue weighted by atomic mass is 16.2. The summed E-state index contributed by atoms with van der Waals surface area (Å²) in [5.41, 5.74) is 3.85. The summed E-state index contributed by atoms with van der Waals surface area (Å²) in [6.07, 6.45) is 5.35. The molecule has 0 saturated heterocycles. The van der Waals surface area contributed by atoms with Gasteiger partial charge in [-0.1, -0.05) is 38.1 Å². The van der Waals surface area contributed by atoms with E-state index in [9.17, 15) is 4.79 Å². The second kappa shape index (κ2) is 7.22. The first kappa shape index (κ1) is 16.8. The molecule has 0 bridgehead atoms. The molecule has 1 aromatic carbocycles. The van der Waals surface area contributed by atoms with Crippen LogP contribution in [0.25, 0.3) is 16.5 Å². The van der Waals surface area contributed by atoms with Gasteiger partial charge in [-0.25, -0.2) is 0 Å². The van der Waals surface area contributed by atoms with Crippen molar-refractivity contribution in [3.63, 3.8) is 0 Å². The van der Waals surface area contributed by atoms with Gasteiger partial charge in [0, 0.05) is 42.3 Å². The summed E-state index contributed by atoms with van der Waals surface area (Å²) in [7, 11) is 0. The van der Waals surface area contributed by atoms with Crippen LogP contribution in [0.2, 0.25) is 0 Å². The molecule has 0 radical (unpaired) electrons. The molecular weight excluding hydrogens is 298 g/mol. The summed E-state index contributed by atoms with van der Waals surface area (Å²) in [4.78, 5) is 17.8. The second-order valence-electron chi connectivity index (χ2n) is 7.04. The Morgan fingerprint density at radius 1 is 1.29 bits per heavy atom. The third-order valence-electron chi connectivity index (χ3n) is 4.79. The molecule has 1 aliphatic rings. The van der Waals surface area contributed by atoms with Crippen molar-refractivity contribution < 1.29 is 4.79 Å². The molecule has 2 heterocycles. The van der Waals surface area contributed by atoms with Crippen molar-refractivity contribution in [2.75, 3.05) is 19.6 Å². The van der Waals surface area contributed by atoms with Crippen molar-refractivity contribution in [1.82, 2.24) is 15.2 Å². The van der Waals surface area contributed by atoms with Gasteiger partial charge in [0.25, 0.3) is 0 Å². The molecule has 128 valence electrons. The number of amides is 1. The molecule has 0 spiro atoms. The SMILES string of the molecule is CC(C)CNC(=O)[C@H](C)N1CC=C(c2c[nH]c3ccccc23)CC1. The molecule has 0 saturated carbocycles. The van der Waals surface area contributed by atoms with Gasteiger partial charge >= 0.3 is 0 Å². The quantitative estimate of drug-likeness (QED) is 0.885. The van der Waals surface area contributed by atoms with E-state index in [1.165, 1.54) is 22.0 Å². The van der Waals surface area contributed by atoms with E-state index in [4.69, 9.17) is 0 Å². The number of fused-ring (bicyclic) bond motifs is 1. The highest BCUT2D eigenvalue weighted by molar-refractivity contribution is 5.92. The number of nitrogens with one attached hydrogen (secondary N) is 2. The first-order valence-corrected chi connectivity index (χ1v) is 8.83. The largest absolute Gasteiger partial charge is 0.361 e. The van der Waals surface area contributed by atoms with Gasteiger partial charge in [0.1, 0.15) is 0 Å². The van der Waals surface area contributed by atoms with Crippen LogP contribution in [0.5, 0.6) is 0 Å². The third-order valence-corrected chi connectivity index (χ3v) is 4.79. The molecule has 1 aromatic heterocycles. The zero-order valence-electron chi connectivity index (χ0n) is 14.8. The topological polar surface area (TPSA) is 48.1 Å². The smallest absolute Gasteiger partial charge is 0.237 e. The number of hydrogen-bond acceptors (Lipinski definition) is 2. The summed E-state index contributed by atoms with van der Waals surface area (Å²) in [5.74, 6) is 0.614. The summed E-state index contributed by atoms with van der Waals surface area (Å²) in [6, 6.07) is 8.32. The van der Waals surface area contributed by atoms with E-state index in [-0.39, 0.29) is 11.9 Å². The van der Waals surface area contributed by atoms with Crippen LogP contribution in [0.15, 0.2) is 36.5 Å². The second-order valence-corrected chi connectivity index (χ2v) is 7.04. The van der Waals surface area contributed by atoms with Crippen LogP contribution in [0, 0.1) is 5.92 Å². The average Bonchev–Trinajstić information content (AvgIpc) is 3.03. The summed E-state index contributed by atoms with van der Waals surface area (Å²) in [6.45, 7) is 8.71. The number of para-hydroxylation sites is 1. The molecule has 4 heteroatoms. The van der Waals surface area contributed by atoms with E-state index in [2.05, 4.69) is 65.6 Å². The zero-order chi connectivity index (χ0) is 17.1. The van der Waals surface area contributed by atoms with Crippen LogP contribution in [0.4, 0.5) is 0 Å². The number of carbonyl (C=O) groups excluding carboxylic acids is 1. The van der Waals surface area contributed by atoms with Crippen molar-refractivity contribution in [3.05, 3.63) is 42.1 Å². The zero-order valence-corrected chi connectivity index (χ0v) is 14.8. The number of nitrogens with zero attached hydrogens (tertiary/aromatic N) is 1. The Morgan fingerprint density at radius 2 is 2.08 bits per heavy atom. The number of benzene rings is 1. The Kier molecular flexibility index (Phi) is 5.05. The van der Waals surface area contributed by atoms with E-state index in [1.54, 1.807) is 0 Å². The van der Waals surface area contributed by atoms with Crippen LogP contribution in [-0.4, -0.2) is 41.5 Å². The Labute approximate surface area is 143 Å². The van der Waals surface area contributed by atoms with Gasteiger partial charge in [-0.05, 0) is 30.9 Å². The minimum absolute atomic E-state index is 0.0791. The molecule has 4 nitrogen and oxygen atoms in total. The van der Waals surface area contributed by atoms with Gasteiger partial charge in [-0.15, -0.1) is 0 Å². The fourth-order valence-corrected chi connectivity index (χ4v) is 3.24. The third kappa shape index (κ3) is 3.54. The normalized spacial score (nSPS) is 17.1. The van der Waals surface area contributed by atoms with Crippen LogP contribution in [0.1, 0.15) is 32.8 Å². The average molecular weight is 325 g/mol. The van der Waals surface area contributed by atoms with Crippen LogP contribution >= 0.6 is 0 Å². The molecule has 3 rings (SSSR count). The Bertz CT molecular complexity index is 744. The number of carbonyl (C=O) groups is 1. The number of aromatic nitrogens is 1. The maximum Gasteiger partial charge on any atom is 0.237 e. The Morgan fingerprint density at radius 3 is 2.79 bits per heavy atom. The maximum atomic E-state index is 12.3. The lowest BCUT2D eigenvalue weighted by Gasteiger charge is -2.31. The number of H-pyrrole nitrogens is 1. The van der Waals surface area contributed by atoms with Crippen molar-refractivity contribution in [3.8, 4) is 0 Å². The van der Waals surface area contributed by atoms with Crippen LogP contribution in [-0.2, 0) is 4.79 Å². The molecular formula is C20H27N3O. The van der Waals surface area contributed by atoms with E-state index in [1.807, 2.05) is 6.92 Å². The van der Waals surface area contributed by atoms with Crippen LogP contribution < -0.4 is 5.32 Å². The molecule has 0 unspecified atom stereocenters.